The predicted octanol–water partition coefficient (Wildman–Crippen LogP) is 5.44. The molecule has 0 aliphatic carbocycles. The van der Waals surface area contributed by atoms with Gasteiger partial charge >= 0.3 is 0 Å². The van der Waals surface area contributed by atoms with Gasteiger partial charge in [-0.1, -0.05) is 53.5 Å². The lowest BCUT2D eigenvalue weighted by atomic mass is 10.2. The summed E-state index contributed by atoms with van der Waals surface area (Å²) in [4.78, 5) is 17.3. The first-order valence-electron chi connectivity index (χ1n) is 10.7. The molecule has 0 bridgehead atoms. The quantitative estimate of drug-likeness (QED) is 0.458. The number of amides is 1. The maximum Gasteiger partial charge on any atom is 0.258 e. The van der Waals surface area contributed by atoms with E-state index in [4.69, 9.17) is 35.4 Å². The van der Waals surface area contributed by atoms with Crippen molar-refractivity contribution in [3.8, 4) is 0 Å². The summed E-state index contributed by atoms with van der Waals surface area (Å²) in [6, 6.07) is 23.3. The van der Waals surface area contributed by atoms with Crippen molar-refractivity contribution in [1.82, 2.24) is 10.2 Å². The van der Waals surface area contributed by atoms with Gasteiger partial charge in [0.1, 0.15) is 0 Å². The first kappa shape index (κ1) is 23.5. The normalized spacial score (nSPS) is 14.1. The third-order valence-corrected chi connectivity index (χ3v) is 6.27. The molecule has 0 aromatic heterocycles. The number of anilines is 2. The minimum absolute atomic E-state index is 0.202. The zero-order chi connectivity index (χ0) is 23.2. The molecule has 1 aliphatic rings. The Morgan fingerprint density at radius 3 is 2.27 bits per heavy atom. The average Bonchev–Trinajstić information content (AvgIpc) is 2.80. The van der Waals surface area contributed by atoms with Crippen molar-refractivity contribution in [2.45, 2.75) is 6.54 Å². The SMILES string of the molecule is O=C(NC(=S)Nc1ccc(N2CCN(Cc3ccccc3)CC2)cc1)c1ccc(Cl)cc1Cl. The van der Waals surface area contributed by atoms with Gasteiger partial charge in [0, 0.05) is 49.1 Å². The third-order valence-electron chi connectivity index (χ3n) is 5.51. The molecule has 3 aromatic carbocycles. The van der Waals surface area contributed by atoms with Gasteiger partial charge in [-0.2, -0.15) is 0 Å². The van der Waals surface area contributed by atoms with Gasteiger partial charge in [0.15, 0.2) is 5.11 Å². The molecule has 3 aromatic rings. The van der Waals surface area contributed by atoms with Crippen molar-refractivity contribution < 1.29 is 4.79 Å². The summed E-state index contributed by atoms with van der Waals surface area (Å²) >= 11 is 17.3. The van der Waals surface area contributed by atoms with Crippen LogP contribution in [0, 0.1) is 0 Å². The highest BCUT2D eigenvalue weighted by atomic mass is 35.5. The lowest BCUT2D eigenvalue weighted by Crippen LogP contribution is -2.45. The van der Waals surface area contributed by atoms with Crippen LogP contribution in [0.2, 0.25) is 10.0 Å². The fraction of sp³-hybridized carbons (Fsp3) is 0.200. The highest BCUT2D eigenvalue weighted by Gasteiger charge is 2.17. The molecule has 170 valence electrons. The Morgan fingerprint density at radius 2 is 1.61 bits per heavy atom. The number of benzene rings is 3. The molecular formula is C25H24Cl2N4OS. The maximum absolute atomic E-state index is 12.4. The van der Waals surface area contributed by atoms with Crippen molar-refractivity contribution in [2.75, 3.05) is 36.4 Å². The molecule has 0 saturated carbocycles. The Hall–Kier alpha value is -2.64. The van der Waals surface area contributed by atoms with E-state index in [2.05, 4.69) is 62.9 Å². The van der Waals surface area contributed by atoms with Crippen LogP contribution in [0.1, 0.15) is 15.9 Å². The monoisotopic (exact) mass is 498 g/mol. The van der Waals surface area contributed by atoms with Gasteiger partial charge in [-0.25, -0.2) is 0 Å². The first-order valence-corrected chi connectivity index (χ1v) is 11.8. The van der Waals surface area contributed by atoms with Crippen LogP contribution in [-0.2, 0) is 6.54 Å². The molecule has 0 radical (unpaired) electrons. The van der Waals surface area contributed by atoms with Crippen molar-refractivity contribution in [3.63, 3.8) is 0 Å². The van der Waals surface area contributed by atoms with E-state index in [1.807, 2.05) is 12.1 Å². The Bertz CT molecular complexity index is 1120. The van der Waals surface area contributed by atoms with E-state index in [1.54, 1.807) is 12.1 Å². The molecule has 1 fully saturated rings. The van der Waals surface area contributed by atoms with Crippen LogP contribution < -0.4 is 15.5 Å². The Balaban J connectivity index is 1.27. The lowest BCUT2D eigenvalue weighted by Gasteiger charge is -2.36. The van der Waals surface area contributed by atoms with Crippen molar-refractivity contribution in [2.24, 2.45) is 0 Å². The van der Waals surface area contributed by atoms with Crippen LogP contribution in [-0.4, -0.2) is 42.1 Å². The number of halogens is 2. The second-order valence-corrected chi connectivity index (χ2v) is 9.08. The smallest absolute Gasteiger partial charge is 0.258 e. The number of piperazine rings is 1. The van der Waals surface area contributed by atoms with E-state index >= 15 is 0 Å². The van der Waals surface area contributed by atoms with Gasteiger partial charge in [0.05, 0.1) is 10.6 Å². The lowest BCUT2D eigenvalue weighted by molar-refractivity contribution is 0.0978. The minimum atomic E-state index is -0.390. The molecule has 0 unspecified atom stereocenters. The molecule has 0 spiro atoms. The largest absolute Gasteiger partial charge is 0.369 e. The molecule has 5 nitrogen and oxygen atoms in total. The summed E-state index contributed by atoms with van der Waals surface area (Å²) in [5.74, 6) is -0.390. The minimum Gasteiger partial charge on any atom is -0.369 e. The molecule has 1 heterocycles. The van der Waals surface area contributed by atoms with E-state index < -0.39 is 0 Å². The molecule has 33 heavy (non-hydrogen) atoms. The zero-order valence-electron chi connectivity index (χ0n) is 17.9. The highest BCUT2D eigenvalue weighted by Crippen LogP contribution is 2.22. The number of hydrogen-bond donors (Lipinski definition) is 2. The fourth-order valence-corrected chi connectivity index (χ4v) is 4.47. The van der Waals surface area contributed by atoms with Gasteiger partial charge in [-0.05, 0) is 60.2 Å². The topological polar surface area (TPSA) is 47.6 Å². The van der Waals surface area contributed by atoms with Gasteiger partial charge in [-0.3, -0.25) is 15.0 Å². The van der Waals surface area contributed by atoms with Gasteiger partial charge in [0.25, 0.3) is 5.91 Å². The van der Waals surface area contributed by atoms with Crippen LogP contribution in [0.3, 0.4) is 0 Å². The summed E-state index contributed by atoms with van der Waals surface area (Å²) in [5, 5.41) is 6.63. The molecule has 4 rings (SSSR count). The number of nitrogens with zero attached hydrogens (tertiary/aromatic N) is 2. The van der Waals surface area contributed by atoms with Crippen LogP contribution in [0.25, 0.3) is 0 Å². The van der Waals surface area contributed by atoms with Crippen molar-refractivity contribution in [1.29, 1.82) is 0 Å². The maximum atomic E-state index is 12.4. The van der Waals surface area contributed by atoms with E-state index in [9.17, 15) is 4.79 Å². The number of rotatable bonds is 5. The van der Waals surface area contributed by atoms with Gasteiger partial charge in [0.2, 0.25) is 0 Å². The average molecular weight is 499 g/mol. The standard InChI is InChI=1S/C25H24Cl2N4OS/c26-19-6-11-22(23(27)16-19)24(32)29-25(33)28-20-7-9-21(10-8-20)31-14-12-30(13-15-31)17-18-4-2-1-3-5-18/h1-11,16H,12-15,17H2,(H2,28,29,32,33). The van der Waals surface area contributed by atoms with E-state index in [-0.39, 0.29) is 16.0 Å². The molecule has 1 amide bonds. The van der Waals surface area contributed by atoms with E-state index in [0.29, 0.717) is 10.6 Å². The van der Waals surface area contributed by atoms with Crippen molar-refractivity contribution >= 4 is 57.8 Å². The predicted molar refractivity (Wildman–Crippen MR) is 141 cm³/mol. The Kier molecular flexibility index (Phi) is 7.83. The summed E-state index contributed by atoms with van der Waals surface area (Å²) in [6.07, 6.45) is 0. The second-order valence-electron chi connectivity index (χ2n) is 7.83. The van der Waals surface area contributed by atoms with Crippen LogP contribution in [0.4, 0.5) is 11.4 Å². The molecule has 1 saturated heterocycles. The van der Waals surface area contributed by atoms with E-state index in [1.165, 1.54) is 17.3 Å². The van der Waals surface area contributed by atoms with Crippen LogP contribution in [0.5, 0.6) is 0 Å². The molecule has 2 N–H and O–H groups in total. The summed E-state index contributed by atoms with van der Waals surface area (Å²) in [6.45, 7) is 5.00. The summed E-state index contributed by atoms with van der Waals surface area (Å²) in [7, 11) is 0. The third kappa shape index (κ3) is 6.45. The molecule has 1 aliphatic heterocycles. The molecular weight excluding hydrogens is 475 g/mol. The highest BCUT2D eigenvalue weighted by molar-refractivity contribution is 7.80. The van der Waals surface area contributed by atoms with Gasteiger partial charge in [-0.15, -0.1) is 0 Å². The molecule has 0 atom stereocenters. The Morgan fingerprint density at radius 1 is 0.909 bits per heavy atom. The zero-order valence-corrected chi connectivity index (χ0v) is 20.3. The van der Waals surface area contributed by atoms with Crippen LogP contribution >= 0.6 is 35.4 Å². The number of carbonyl (C=O) groups is 1. The number of nitrogens with one attached hydrogen (secondary N) is 2. The summed E-state index contributed by atoms with van der Waals surface area (Å²) < 4.78 is 0. The molecule has 8 heteroatoms. The van der Waals surface area contributed by atoms with Crippen molar-refractivity contribution in [3.05, 3.63) is 94.0 Å². The Labute approximate surface area is 209 Å². The fourth-order valence-electron chi connectivity index (χ4n) is 3.77. The van der Waals surface area contributed by atoms with Crippen LogP contribution in [0.15, 0.2) is 72.8 Å². The summed E-state index contributed by atoms with van der Waals surface area (Å²) in [5.41, 5.74) is 3.63. The number of carbonyl (C=O) groups excluding carboxylic acids is 1. The number of thiocarbonyl (C=S) groups is 1. The first-order chi connectivity index (χ1) is 16.0. The number of hydrogen-bond acceptors (Lipinski definition) is 4. The van der Waals surface area contributed by atoms with E-state index in [0.717, 1.165) is 38.4 Å². The van der Waals surface area contributed by atoms with Gasteiger partial charge < -0.3 is 10.2 Å². The second kappa shape index (κ2) is 11.0.